The number of nitrogens with one attached hydrogen (secondary N) is 1. The molecule has 0 aliphatic heterocycles. The molecule has 0 radical (unpaired) electrons. The van der Waals surface area contributed by atoms with E-state index in [1.54, 1.807) is 24.5 Å². The van der Waals surface area contributed by atoms with Crippen molar-refractivity contribution in [3.8, 4) is 0 Å². The van der Waals surface area contributed by atoms with Gasteiger partial charge < -0.3 is 9.73 Å². The molecule has 3 rings (SSSR count). The quantitative estimate of drug-likeness (QED) is 0.778. The summed E-state index contributed by atoms with van der Waals surface area (Å²) in [7, 11) is 0. The van der Waals surface area contributed by atoms with Gasteiger partial charge in [-0.25, -0.2) is 14.8 Å². The van der Waals surface area contributed by atoms with E-state index in [2.05, 4.69) is 22.2 Å². The molecule has 0 atom stereocenters. The van der Waals surface area contributed by atoms with Gasteiger partial charge in [-0.05, 0) is 30.2 Å². The maximum absolute atomic E-state index is 11.9. The van der Waals surface area contributed by atoms with Gasteiger partial charge in [-0.3, -0.25) is 4.57 Å². The Labute approximate surface area is 121 Å². The van der Waals surface area contributed by atoms with Gasteiger partial charge in [0.2, 0.25) is 0 Å². The average molecular weight is 284 g/mol. The zero-order chi connectivity index (χ0) is 14.7. The van der Waals surface area contributed by atoms with E-state index < -0.39 is 5.76 Å². The molecule has 0 unspecified atom stereocenters. The molecule has 3 aromatic rings. The predicted octanol–water partition coefficient (Wildman–Crippen LogP) is 2.25. The lowest BCUT2D eigenvalue weighted by atomic mass is 10.2. The van der Waals surface area contributed by atoms with Crippen LogP contribution in [-0.4, -0.2) is 21.1 Å². The maximum Gasteiger partial charge on any atom is 0.421 e. The minimum atomic E-state index is -0.406. The molecule has 0 fully saturated rings. The molecule has 21 heavy (non-hydrogen) atoms. The first kappa shape index (κ1) is 13.4. The van der Waals surface area contributed by atoms with E-state index in [1.165, 1.54) is 4.57 Å². The summed E-state index contributed by atoms with van der Waals surface area (Å²) in [5.41, 5.74) is 1.97. The Hall–Kier alpha value is -2.63. The molecule has 0 amide bonds. The number of nitrogens with zero attached hydrogens (tertiary/aromatic N) is 3. The number of oxazole rings is 1. The zero-order valence-electron chi connectivity index (χ0n) is 11.7. The standard InChI is InChI=1S/C15H16N4O2/c1-2-7-16-13-6-5-11(9-18-13)10-19-14-12(21-15(19)20)4-3-8-17-14/h3-6,8-9H,2,7,10H2,1H3,(H,16,18). The van der Waals surface area contributed by atoms with E-state index >= 15 is 0 Å². The van der Waals surface area contributed by atoms with Crippen molar-refractivity contribution in [3.63, 3.8) is 0 Å². The zero-order valence-corrected chi connectivity index (χ0v) is 11.7. The number of aromatic nitrogens is 3. The fourth-order valence-electron chi connectivity index (χ4n) is 2.10. The third-order valence-corrected chi connectivity index (χ3v) is 3.15. The van der Waals surface area contributed by atoms with Crippen LogP contribution in [0, 0.1) is 0 Å². The van der Waals surface area contributed by atoms with Crippen LogP contribution in [0.4, 0.5) is 5.82 Å². The van der Waals surface area contributed by atoms with E-state index in [4.69, 9.17) is 4.42 Å². The number of hydrogen-bond donors (Lipinski definition) is 1. The van der Waals surface area contributed by atoms with Crippen LogP contribution in [0.5, 0.6) is 0 Å². The summed E-state index contributed by atoms with van der Waals surface area (Å²) in [4.78, 5) is 20.4. The first-order chi connectivity index (χ1) is 10.3. The molecule has 108 valence electrons. The molecule has 6 heteroatoms. The second kappa shape index (κ2) is 5.78. The monoisotopic (exact) mass is 284 g/mol. The summed E-state index contributed by atoms with van der Waals surface area (Å²) in [6.45, 7) is 3.39. The van der Waals surface area contributed by atoms with E-state index in [0.29, 0.717) is 17.8 Å². The van der Waals surface area contributed by atoms with Crippen molar-refractivity contribution < 1.29 is 4.42 Å². The number of hydrogen-bond acceptors (Lipinski definition) is 5. The second-order valence-electron chi connectivity index (χ2n) is 4.76. The third kappa shape index (κ3) is 2.79. The topological polar surface area (TPSA) is 73.0 Å². The van der Waals surface area contributed by atoms with Gasteiger partial charge in [-0.2, -0.15) is 0 Å². The van der Waals surface area contributed by atoms with Crippen molar-refractivity contribution in [3.05, 3.63) is 52.8 Å². The van der Waals surface area contributed by atoms with E-state index in [-0.39, 0.29) is 0 Å². The van der Waals surface area contributed by atoms with Gasteiger partial charge in [0.15, 0.2) is 11.2 Å². The summed E-state index contributed by atoms with van der Waals surface area (Å²) in [6, 6.07) is 7.33. The molecule has 0 spiro atoms. The minimum Gasteiger partial charge on any atom is -0.406 e. The summed E-state index contributed by atoms with van der Waals surface area (Å²) in [5, 5.41) is 3.21. The molecule has 0 saturated carbocycles. The molecule has 0 aromatic carbocycles. The molecule has 0 saturated heterocycles. The summed E-state index contributed by atoms with van der Waals surface area (Å²) in [6.07, 6.45) is 4.45. The summed E-state index contributed by atoms with van der Waals surface area (Å²) >= 11 is 0. The number of rotatable bonds is 5. The molecular formula is C15H16N4O2. The third-order valence-electron chi connectivity index (χ3n) is 3.15. The molecule has 0 aliphatic rings. The van der Waals surface area contributed by atoms with Gasteiger partial charge in [0.1, 0.15) is 5.82 Å². The smallest absolute Gasteiger partial charge is 0.406 e. The normalized spacial score (nSPS) is 10.9. The number of fused-ring (bicyclic) bond motifs is 1. The van der Waals surface area contributed by atoms with Gasteiger partial charge in [0.25, 0.3) is 0 Å². The van der Waals surface area contributed by atoms with Crippen LogP contribution in [-0.2, 0) is 6.54 Å². The van der Waals surface area contributed by atoms with Crippen LogP contribution in [0.3, 0.4) is 0 Å². The fourth-order valence-corrected chi connectivity index (χ4v) is 2.10. The highest BCUT2D eigenvalue weighted by Crippen LogP contribution is 2.12. The Morgan fingerprint density at radius 1 is 1.29 bits per heavy atom. The van der Waals surface area contributed by atoms with E-state index in [0.717, 1.165) is 24.3 Å². The maximum atomic E-state index is 11.9. The van der Waals surface area contributed by atoms with Crippen molar-refractivity contribution in [2.45, 2.75) is 19.9 Å². The van der Waals surface area contributed by atoms with Crippen LogP contribution in [0.25, 0.3) is 11.2 Å². The highest BCUT2D eigenvalue weighted by atomic mass is 16.4. The molecule has 1 N–H and O–H groups in total. The van der Waals surface area contributed by atoms with Crippen molar-refractivity contribution in [2.24, 2.45) is 0 Å². The van der Waals surface area contributed by atoms with Crippen molar-refractivity contribution >= 4 is 17.0 Å². The number of pyridine rings is 2. The highest BCUT2D eigenvalue weighted by Gasteiger charge is 2.10. The van der Waals surface area contributed by atoms with Gasteiger partial charge in [-0.15, -0.1) is 0 Å². The first-order valence-corrected chi connectivity index (χ1v) is 6.91. The van der Waals surface area contributed by atoms with E-state index in [9.17, 15) is 4.79 Å². The van der Waals surface area contributed by atoms with Gasteiger partial charge in [0, 0.05) is 18.9 Å². The lowest BCUT2D eigenvalue weighted by Crippen LogP contribution is -2.15. The molecular weight excluding hydrogens is 268 g/mol. The molecule has 0 bridgehead atoms. The molecule has 3 aromatic heterocycles. The lowest BCUT2D eigenvalue weighted by Gasteiger charge is -2.05. The van der Waals surface area contributed by atoms with Crippen molar-refractivity contribution in [1.82, 2.24) is 14.5 Å². The average Bonchev–Trinajstić information content (AvgIpc) is 2.83. The molecule has 6 nitrogen and oxygen atoms in total. The minimum absolute atomic E-state index is 0.393. The Bertz CT molecular complexity index is 789. The largest absolute Gasteiger partial charge is 0.421 e. The molecule has 3 heterocycles. The van der Waals surface area contributed by atoms with Crippen LogP contribution < -0.4 is 11.1 Å². The fraction of sp³-hybridized carbons (Fsp3) is 0.267. The van der Waals surface area contributed by atoms with Crippen LogP contribution >= 0.6 is 0 Å². The Morgan fingerprint density at radius 2 is 2.19 bits per heavy atom. The Balaban J connectivity index is 1.85. The first-order valence-electron chi connectivity index (χ1n) is 6.91. The van der Waals surface area contributed by atoms with Crippen LogP contribution in [0.15, 0.2) is 45.9 Å². The van der Waals surface area contributed by atoms with Crippen LogP contribution in [0.2, 0.25) is 0 Å². The van der Waals surface area contributed by atoms with Gasteiger partial charge in [0.05, 0.1) is 6.54 Å². The Kier molecular flexibility index (Phi) is 3.68. The van der Waals surface area contributed by atoms with Crippen molar-refractivity contribution in [1.29, 1.82) is 0 Å². The molecule has 0 aliphatic carbocycles. The van der Waals surface area contributed by atoms with Crippen molar-refractivity contribution in [2.75, 3.05) is 11.9 Å². The van der Waals surface area contributed by atoms with E-state index in [1.807, 2.05) is 12.1 Å². The SMILES string of the molecule is CCCNc1ccc(Cn2c(=O)oc3cccnc32)cn1. The summed E-state index contributed by atoms with van der Waals surface area (Å²) < 4.78 is 6.67. The number of anilines is 1. The van der Waals surface area contributed by atoms with Gasteiger partial charge in [-0.1, -0.05) is 13.0 Å². The van der Waals surface area contributed by atoms with Gasteiger partial charge >= 0.3 is 5.76 Å². The summed E-state index contributed by atoms with van der Waals surface area (Å²) in [5.74, 6) is 0.431. The Morgan fingerprint density at radius 3 is 2.95 bits per heavy atom. The predicted molar refractivity (Wildman–Crippen MR) is 80.4 cm³/mol. The lowest BCUT2D eigenvalue weighted by molar-refractivity contribution is 0.517. The van der Waals surface area contributed by atoms with Crippen LogP contribution in [0.1, 0.15) is 18.9 Å². The highest BCUT2D eigenvalue weighted by molar-refractivity contribution is 5.67. The second-order valence-corrected chi connectivity index (χ2v) is 4.76.